The van der Waals surface area contributed by atoms with Crippen LogP contribution in [-0.4, -0.2) is 18.7 Å². The molecule has 0 spiro atoms. The number of carbonyl (C=O) groups is 1. The van der Waals surface area contributed by atoms with E-state index in [0.717, 1.165) is 26.9 Å². The summed E-state index contributed by atoms with van der Waals surface area (Å²) in [7, 11) is 0. The number of rotatable bonds is 7. The highest BCUT2D eigenvalue weighted by molar-refractivity contribution is 9.10. The quantitative estimate of drug-likeness (QED) is 0.267. The Kier molecular flexibility index (Phi) is 6.59. The number of hydrogen-bond acceptors (Lipinski definition) is 4. The summed E-state index contributed by atoms with van der Waals surface area (Å²) < 4.78 is 12.2. The van der Waals surface area contributed by atoms with Gasteiger partial charge in [0.2, 0.25) is 0 Å². The summed E-state index contributed by atoms with van der Waals surface area (Å²) >= 11 is 3.44. The Morgan fingerprint density at radius 1 is 0.903 bits per heavy atom. The molecule has 0 saturated carbocycles. The highest BCUT2D eigenvalue weighted by Crippen LogP contribution is 2.24. The molecule has 0 aliphatic rings. The summed E-state index contributed by atoms with van der Waals surface area (Å²) in [5.41, 5.74) is 5.60. The van der Waals surface area contributed by atoms with Crippen molar-refractivity contribution in [1.29, 1.82) is 0 Å². The number of halogens is 1. The molecule has 4 rings (SSSR count). The molecule has 5 nitrogen and oxygen atoms in total. The molecule has 1 aromatic heterocycles. The number of nitrogens with zero attached hydrogens (tertiary/aromatic N) is 1. The maximum Gasteiger partial charge on any atom is 0.277 e. The fourth-order valence-corrected chi connectivity index (χ4v) is 3.34. The molecule has 0 bridgehead atoms. The number of furan rings is 1. The van der Waals surface area contributed by atoms with E-state index < -0.39 is 0 Å². The second-order valence-corrected chi connectivity index (χ2v) is 7.60. The van der Waals surface area contributed by atoms with Crippen molar-refractivity contribution >= 4 is 28.1 Å². The van der Waals surface area contributed by atoms with E-state index in [1.807, 2.05) is 84.9 Å². The molecule has 6 heteroatoms. The van der Waals surface area contributed by atoms with Gasteiger partial charge in [0.1, 0.15) is 17.3 Å². The van der Waals surface area contributed by atoms with Crippen molar-refractivity contribution in [2.75, 3.05) is 6.61 Å². The molecule has 0 saturated heterocycles. The number of hydrogen-bond donors (Lipinski definition) is 1. The van der Waals surface area contributed by atoms with E-state index in [4.69, 9.17) is 9.15 Å². The van der Waals surface area contributed by atoms with Gasteiger partial charge in [0.05, 0.1) is 6.21 Å². The van der Waals surface area contributed by atoms with Gasteiger partial charge in [0, 0.05) is 10.0 Å². The largest absolute Gasteiger partial charge is 0.484 e. The molecule has 0 fully saturated rings. The van der Waals surface area contributed by atoms with Crippen molar-refractivity contribution in [2.24, 2.45) is 5.10 Å². The van der Waals surface area contributed by atoms with Crippen molar-refractivity contribution in [1.82, 2.24) is 5.43 Å². The first-order valence-corrected chi connectivity index (χ1v) is 10.4. The first-order valence-electron chi connectivity index (χ1n) is 9.63. The maximum atomic E-state index is 12.0. The minimum Gasteiger partial charge on any atom is -0.484 e. The van der Waals surface area contributed by atoms with Crippen molar-refractivity contribution in [2.45, 2.75) is 0 Å². The van der Waals surface area contributed by atoms with Gasteiger partial charge in [-0.25, -0.2) is 5.43 Å². The number of amides is 1. The van der Waals surface area contributed by atoms with Gasteiger partial charge in [-0.05, 0) is 47.5 Å². The Labute approximate surface area is 188 Å². The summed E-state index contributed by atoms with van der Waals surface area (Å²) in [5, 5.41) is 3.92. The molecule has 0 unspecified atom stereocenters. The zero-order valence-electron chi connectivity index (χ0n) is 16.5. The highest BCUT2D eigenvalue weighted by Gasteiger charge is 2.05. The number of nitrogens with one attached hydrogen (secondary N) is 1. The molecular formula is C25H19BrN2O3. The minimum absolute atomic E-state index is 0.135. The van der Waals surface area contributed by atoms with Crippen LogP contribution >= 0.6 is 15.9 Å². The number of benzene rings is 3. The van der Waals surface area contributed by atoms with Crippen molar-refractivity contribution in [3.05, 3.63) is 101 Å². The van der Waals surface area contributed by atoms with E-state index >= 15 is 0 Å². The summed E-state index contributed by atoms with van der Waals surface area (Å²) in [6, 6.07) is 29.1. The van der Waals surface area contributed by atoms with Gasteiger partial charge in [-0.3, -0.25) is 4.79 Å². The molecule has 0 atom stereocenters. The monoisotopic (exact) mass is 474 g/mol. The molecule has 1 N–H and O–H groups in total. The van der Waals surface area contributed by atoms with Crippen LogP contribution in [0.2, 0.25) is 0 Å². The summed E-state index contributed by atoms with van der Waals surface area (Å²) in [4.78, 5) is 12.0. The van der Waals surface area contributed by atoms with Crippen molar-refractivity contribution in [3.63, 3.8) is 0 Å². The smallest absolute Gasteiger partial charge is 0.277 e. The lowest BCUT2D eigenvalue weighted by Gasteiger charge is -2.06. The zero-order chi connectivity index (χ0) is 21.5. The van der Waals surface area contributed by atoms with Crippen LogP contribution in [0.5, 0.6) is 5.75 Å². The Balaban J connectivity index is 1.26. The summed E-state index contributed by atoms with van der Waals surface area (Å²) in [5.74, 6) is 1.51. The summed E-state index contributed by atoms with van der Waals surface area (Å²) in [6.45, 7) is -0.135. The average Bonchev–Trinajstić information content (AvgIpc) is 3.28. The Hall–Kier alpha value is -3.64. The fraction of sp³-hybridized carbons (Fsp3) is 0.0400. The topological polar surface area (TPSA) is 63.8 Å². The first-order chi connectivity index (χ1) is 15.2. The number of ether oxygens (including phenoxy) is 1. The second-order valence-electron chi connectivity index (χ2n) is 6.68. The molecular weight excluding hydrogens is 456 g/mol. The third-order valence-electron chi connectivity index (χ3n) is 4.45. The Morgan fingerprint density at radius 2 is 1.65 bits per heavy atom. The lowest BCUT2D eigenvalue weighted by Crippen LogP contribution is -2.24. The number of carbonyl (C=O) groups excluding carboxylic acids is 1. The first kappa shape index (κ1) is 20.6. The number of hydrazone groups is 1. The Bertz CT molecular complexity index is 1180. The third kappa shape index (κ3) is 5.71. The van der Waals surface area contributed by atoms with Crippen LogP contribution in [0.4, 0.5) is 0 Å². The zero-order valence-corrected chi connectivity index (χ0v) is 18.1. The summed E-state index contributed by atoms with van der Waals surface area (Å²) in [6.07, 6.45) is 1.45. The molecule has 154 valence electrons. The lowest BCUT2D eigenvalue weighted by molar-refractivity contribution is -0.123. The van der Waals surface area contributed by atoms with Crippen LogP contribution in [0.1, 0.15) is 5.76 Å². The van der Waals surface area contributed by atoms with Crippen LogP contribution < -0.4 is 10.2 Å². The van der Waals surface area contributed by atoms with E-state index in [-0.39, 0.29) is 12.5 Å². The van der Waals surface area contributed by atoms with Gasteiger partial charge in [0.15, 0.2) is 6.61 Å². The molecule has 4 aromatic rings. The van der Waals surface area contributed by atoms with E-state index in [0.29, 0.717) is 11.5 Å². The predicted molar refractivity (Wildman–Crippen MR) is 125 cm³/mol. The van der Waals surface area contributed by atoms with Gasteiger partial charge < -0.3 is 9.15 Å². The van der Waals surface area contributed by atoms with Crippen LogP contribution in [0.15, 0.2) is 105 Å². The van der Waals surface area contributed by atoms with Crippen LogP contribution in [0.3, 0.4) is 0 Å². The van der Waals surface area contributed by atoms with Gasteiger partial charge in [-0.1, -0.05) is 70.5 Å². The maximum absolute atomic E-state index is 12.0. The predicted octanol–water partition coefficient (Wildman–Crippen LogP) is 5.91. The molecule has 31 heavy (non-hydrogen) atoms. The highest BCUT2D eigenvalue weighted by atomic mass is 79.9. The Morgan fingerprint density at radius 3 is 2.42 bits per heavy atom. The normalized spacial score (nSPS) is 10.9. The van der Waals surface area contributed by atoms with Crippen molar-refractivity contribution in [3.8, 4) is 28.2 Å². The molecule has 3 aromatic carbocycles. The average molecular weight is 475 g/mol. The van der Waals surface area contributed by atoms with Crippen molar-refractivity contribution < 1.29 is 13.9 Å². The molecule has 0 aliphatic heterocycles. The molecule has 1 amide bonds. The van der Waals surface area contributed by atoms with Gasteiger partial charge in [-0.15, -0.1) is 0 Å². The van der Waals surface area contributed by atoms with Crippen LogP contribution in [0, 0.1) is 0 Å². The van der Waals surface area contributed by atoms with Crippen LogP contribution in [-0.2, 0) is 4.79 Å². The van der Waals surface area contributed by atoms with E-state index in [1.54, 1.807) is 6.07 Å². The molecule has 0 aliphatic carbocycles. The standard InChI is InChI=1S/C25H19BrN2O3/c26-21-8-4-7-20(15-21)24-14-13-23(31-24)16-27-28-25(29)17-30-22-11-9-19(10-12-22)18-5-2-1-3-6-18/h1-16H,17H2,(H,28,29). The van der Waals surface area contributed by atoms with E-state index in [1.165, 1.54) is 6.21 Å². The molecule has 0 radical (unpaired) electrons. The van der Waals surface area contributed by atoms with Gasteiger partial charge >= 0.3 is 0 Å². The second kappa shape index (κ2) is 9.91. The van der Waals surface area contributed by atoms with E-state index in [9.17, 15) is 4.79 Å². The fourth-order valence-electron chi connectivity index (χ4n) is 2.94. The van der Waals surface area contributed by atoms with E-state index in [2.05, 4.69) is 26.5 Å². The van der Waals surface area contributed by atoms with Crippen LogP contribution in [0.25, 0.3) is 22.5 Å². The van der Waals surface area contributed by atoms with Gasteiger partial charge in [0.25, 0.3) is 5.91 Å². The molecule has 1 heterocycles. The minimum atomic E-state index is -0.359. The SMILES string of the molecule is O=C(COc1ccc(-c2ccccc2)cc1)NN=Cc1ccc(-c2cccc(Br)c2)o1. The lowest BCUT2D eigenvalue weighted by atomic mass is 10.1. The third-order valence-corrected chi connectivity index (χ3v) is 4.94. The van der Waals surface area contributed by atoms with Gasteiger partial charge in [-0.2, -0.15) is 5.10 Å².